The lowest BCUT2D eigenvalue weighted by molar-refractivity contribution is -0.141. The molecule has 0 radical (unpaired) electrons. The van der Waals surface area contributed by atoms with Gasteiger partial charge in [0, 0.05) is 50.5 Å². The number of hydrazone groups is 1. The summed E-state index contributed by atoms with van der Waals surface area (Å²) >= 11 is 0. The lowest BCUT2D eigenvalue weighted by Gasteiger charge is -2.40. The first-order chi connectivity index (χ1) is 16.1. The van der Waals surface area contributed by atoms with Gasteiger partial charge in [0.1, 0.15) is 6.61 Å². The molecule has 2 rings (SSSR count). The Balaban J connectivity index is 2.09. The zero-order valence-electron chi connectivity index (χ0n) is 20.6. The molecule has 8 heteroatoms. The standard InChI is InChI=1S/C26H34F2N4O2/c1-7-10-17-30-32(9-3)22-13-11-12-16-25(22,5)24(33)31(6)20(4)19-34-23-15-14-21(18-29-23)26(27,28)8-2/h1,11-15,17-18,20H,8-10,16,19H2,2-6H3/b30-17-/t20-,25?/m0/s1. The Morgan fingerprint density at radius 3 is 2.76 bits per heavy atom. The molecule has 2 atom stereocenters. The molecule has 0 aromatic carbocycles. The highest BCUT2D eigenvalue weighted by atomic mass is 19.3. The van der Waals surface area contributed by atoms with Crippen LogP contribution >= 0.6 is 0 Å². The lowest BCUT2D eigenvalue weighted by Crippen LogP contribution is -2.49. The molecule has 1 aromatic rings. The van der Waals surface area contributed by atoms with Crippen LogP contribution in [0.4, 0.5) is 8.78 Å². The van der Waals surface area contributed by atoms with Gasteiger partial charge in [0.15, 0.2) is 0 Å². The number of likely N-dealkylation sites (N-methyl/N-ethyl adjacent to an activating group) is 1. The van der Waals surface area contributed by atoms with E-state index in [-0.39, 0.29) is 36.4 Å². The van der Waals surface area contributed by atoms with E-state index in [1.54, 1.807) is 23.2 Å². The number of carbonyl (C=O) groups is 1. The minimum Gasteiger partial charge on any atom is -0.475 e. The maximum atomic E-state index is 13.8. The van der Waals surface area contributed by atoms with Crippen LogP contribution < -0.4 is 4.74 Å². The number of ether oxygens (including phenoxy) is 1. The number of aromatic nitrogens is 1. The summed E-state index contributed by atoms with van der Waals surface area (Å²) in [4.78, 5) is 19.2. The van der Waals surface area contributed by atoms with Crippen molar-refractivity contribution in [1.82, 2.24) is 14.9 Å². The molecule has 184 valence electrons. The molecular formula is C26H34F2N4O2. The molecule has 34 heavy (non-hydrogen) atoms. The van der Waals surface area contributed by atoms with Crippen LogP contribution in [0.1, 0.15) is 52.5 Å². The first-order valence-corrected chi connectivity index (χ1v) is 11.5. The Morgan fingerprint density at radius 1 is 1.44 bits per heavy atom. The average molecular weight is 473 g/mol. The van der Waals surface area contributed by atoms with E-state index in [1.165, 1.54) is 19.1 Å². The van der Waals surface area contributed by atoms with Gasteiger partial charge < -0.3 is 9.64 Å². The van der Waals surface area contributed by atoms with Crippen molar-refractivity contribution in [2.75, 3.05) is 20.2 Å². The van der Waals surface area contributed by atoms with Gasteiger partial charge in [0.25, 0.3) is 5.92 Å². The first-order valence-electron chi connectivity index (χ1n) is 11.5. The van der Waals surface area contributed by atoms with Crippen LogP contribution in [0.25, 0.3) is 0 Å². The van der Waals surface area contributed by atoms with E-state index in [0.717, 1.165) is 11.9 Å². The number of halogens is 2. The molecule has 6 nitrogen and oxygen atoms in total. The maximum Gasteiger partial charge on any atom is 0.274 e. The fraction of sp³-hybridized carbons (Fsp3) is 0.500. The molecule has 1 amide bonds. The molecule has 1 aromatic heterocycles. The van der Waals surface area contributed by atoms with E-state index in [9.17, 15) is 13.6 Å². The number of alkyl halides is 2. The quantitative estimate of drug-likeness (QED) is 0.259. The Labute approximate surface area is 201 Å². The largest absolute Gasteiger partial charge is 0.475 e. The van der Waals surface area contributed by atoms with Crippen LogP contribution in [0, 0.1) is 17.8 Å². The number of terminal acetylenes is 1. The van der Waals surface area contributed by atoms with Crippen LogP contribution in [-0.4, -0.2) is 53.3 Å². The Kier molecular flexibility index (Phi) is 9.36. The Hall–Kier alpha value is -3.21. The summed E-state index contributed by atoms with van der Waals surface area (Å²) in [5, 5.41) is 6.25. The van der Waals surface area contributed by atoms with Crippen molar-refractivity contribution in [2.45, 2.75) is 58.9 Å². The average Bonchev–Trinajstić information content (AvgIpc) is 2.85. The highest BCUT2D eigenvalue weighted by Crippen LogP contribution is 2.39. The summed E-state index contributed by atoms with van der Waals surface area (Å²) in [7, 11) is 1.73. The Morgan fingerprint density at radius 2 is 2.18 bits per heavy atom. The normalized spacial score (nSPS) is 18.8. The van der Waals surface area contributed by atoms with Crippen LogP contribution in [-0.2, 0) is 10.7 Å². The van der Waals surface area contributed by atoms with Gasteiger partial charge in [-0.25, -0.2) is 13.8 Å². The van der Waals surface area contributed by atoms with Crippen LogP contribution in [0.5, 0.6) is 5.88 Å². The second-order valence-electron chi connectivity index (χ2n) is 8.46. The van der Waals surface area contributed by atoms with Gasteiger partial charge in [0.2, 0.25) is 11.8 Å². The van der Waals surface area contributed by atoms with Crippen molar-refractivity contribution in [3.8, 4) is 18.2 Å². The molecule has 0 spiro atoms. The number of pyridine rings is 1. The molecule has 1 aliphatic rings. The molecule has 0 aliphatic heterocycles. The van der Waals surface area contributed by atoms with E-state index < -0.39 is 11.3 Å². The second kappa shape index (κ2) is 11.8. The highest BCUT2D eigenvalue weighted by molar-refractivity contribution is 5.86. The minimum atomic E-state index is -2.92. The van der Waals surface area contributed by atoms with E-state index in [2.05, 4.69) is 16.0 Å². The van der Waals surface area contributed by atoms with Crippen molar-refractivity contribution in [3.05, 3.63) is 47.8 Å². The van der Waals surface area contributed by atoms with Gasteiger partial charge in [-0.15, -0.1) is 12.3 Å². The zero-order valence-corrected chi connectivity index (χ0v) is 20.6. The summed E-state index contributed by atoms with van der Waals surface area (Å²) in [6.45, 7) is 7.91. The molecule has 0 N–H and O–H groups in total. The third kappa shape index (κ3) is 6.22. The third-order valence-corrected chi connectivity index (χ3v) is 6.02. The van der Waals surface area contributed by atoms with Crippen molar-refractivity contribution in [2.24, 2.45) is 10.5 Å². The van der Waals surface area contributed by atoms with Crippen LogP contribution in [0.2, 0.25) is 0 Å². The SMILES string of the molecule is C#CC/C=N\N(CC)C1=CC=CCC1(C)C(=O)N(C)[C@@H](C)COc1ccc(C(F)(F)CC)cn1. The first kappa shape index (κ1) is 27.0. The number of hydrogen-bond donors (Lipinski definition) is 0. The smallest absolute Gasteiger partial charge is 0.274 e. The molecule has 0 fully saturated rings. The number of allylic oxidation sites excluding steroid dienone is 3. The third-order valence-electron chi connectivity index (χ3n) is 6.02. The number of hydrogen-bond acceptors (Lipinski definition) is 5. The fourth-order valence-electron chi connectivity index (χ4n) is 3.62. The summed E-state index contributed by atoms with van der Waals surface area (Å²) in [6.07, 6.45) is 14.5. The second-order valence-corrected chi connectivity index (χ2v) is 8.46. The highest BCUT2D eigenvalue weighted by Gasteiger charge is 2.42. The van der Waals surface area contributed by atoms with Crippen molar-refractivity contribution < 1.29 is 18.3 Å². The lowest BCUT2D eigenvalue weighted by atomic mass is 9.78. The van der Waals surface area contributed by atoms with Gasteiger partial charge in [0.05, 0.1) is 17.2 Å². The molecule has 1 heterocycles. The van der Waals surface area contributed by atoms with Crippen molar-refractivity contribution >= 4 is 12.1 Å². The van der Waals surface area contributed by atoms with E-state index in [1.807, 2.05) is 39.0 Å². The molecule has 0 saturated carbocycles. The number of nitrogens with zero attached hydrogens (tertiary/aromatic N) is 4. The van der Waals surface area contributed by atoms with Gasteiger partial charge in [-0.1, -0.05) is 19.1 Å². The maximum absolute atomic E-state index is 13.8. The molecule has 0 bridgehead atoms. The topological polar surface area (TPSA) is 58.0 Å². The van der Waals surface area contributed by atoms with Gasteiger partial charge in [-0.2, -0.15) is 5.10 Å². The van der Waals surface area contributed by atoms with Crippen LogP contribution in [0.3, 0.4) is 0 Å². The van der Waals surface area contributed by atoms with Gasteiger partial charge >= 0.3 is 0 Å². The predicted molar refractivity (Wildman–Crippen MR) is 130 cm³/mol. The monoisotopic (exact) mass is 472 g/mol. The van der Waals surface area contributed by atoms with E-state index in [4.69, 9.17) is 11.2 Å². The van der Waals surface area contributed by atoms with Gasteiger partial charge in [-0.3, -0.25) is 9.80 Å². The zero-order chi connectivity index (χ0) is 25.4. The molecule has 1 aliphatic carbocycles. The summed E-state index contributed by atoms with van der Waals surface area (Å²) in [5.41, 5.74) is -0.164. The molecule has 0 saturated heterocycles. The molecular weight excluding hydrogens is 438 g/mol. The number of carbonyl (C=O) groups excluding carboxylic acids is 1. The van der Waals surface area contributed by atoms with Crippen molar-refractivity contribution in [1.29, 1.82) is 0 Å². The summed E-state index contributed by atoms with van der Waals surface area (Å²) in [6, 6.07) is 2.46. The Bertz CT molecular complexity index is 966. The fourth-order valence-corrected chi connectivity index (χ4v) is 3.62. The summed E-state index contributed by atoms with van der Waals surface area (Å²) < 4.78 is 33.3. The van der Waals surface area contributed by atoms with Crippen molar-refractivity contribution in [3.63, 3.8) is 0 Å². The van der Waals surface area contributed by atoms with E-state index >= 15 is 0 Å². The predicted octanol–water partition coefficient (Wildman–Crippen LogP) is 4.99. The van der Waals surface area contributed by atoms with E-state index in [0.29, 0.717) is 19.4 Å². The summed E-state index contributed by atoms with van der Waals surface area (Å²) in [5.74, 6) is -0.233. The minimum absolute atomic E-state index is 0.0734. The number of amides is 1. The molecule has 1 unspecified atom stereocenters. The van der Waals surface area contributed by atoms with Gasteiger partial charge in [-0.05, 0) is 39.3 Å². The number of rotatable bonds is 11. The van der Waals surface area contributed by atoms with Crippen LogP contribution in [0.15, 0.2) is 47.4 Å².